The van der Waals surface area contributed by atoms with E-state index in [-0.39, 0.29) is 18.4 Å². The Balaban J connectivity index is 1.38. The number of rotatable bonds is 4. The molecule has 0 unspecified atom stereocenters. The van der Waals surface area contributed by atoms with Gasteiger partial charge in [-0.2, -0.15) is 10.1 Å². The van der Waals surface area contributed by atoms with E-state index in [1.807, 2.05) is 24.4 Å². The Morgan fingerprint density at radius 2 is 1.75 bits per heavy atom. The van der Waals surface area contributed by atoms with Crippen molar-refractivity contribution in [3.8, 4) is 11.3 Å². The van der Waals surface area contributed by atoms with Gasteiger partial charge in [-0.05, 0) is 12.1 Å². The molecule has 0 radical (unpaired) electrons. The highest BCUT2D eigenvalue weighted by Gasteiger charge is 2.25. The maximum absolute atomic E-state index is 13.2. The van der Waals surface area contributed by atoms with Crippen LogP contribution >= 0.6 is 0 Å². The first-order valence-electron chi connectivity index (χ1n) is 12.2. The van der Waals surface area contributed by atoms with Crippen molar-refractivity contribution < 1.29 is 14.3 Å². The highest BCUT2D eigenvalue weighted by atomic mass is 16.5. The predicted octanol–water partition coefficient (Wildman–Crippen LogP) is 1.50. The Morgan fingerprint density at radius 3 is 2.53 bits per heavy atom. The van der Waals surface area contributed by atoms with Crippen molar-refractivity contribution in [2.24, 2.45) is 0 Å². The zero-order valence-corrected chi connectivity index (χ0v) is 20.2. The minimum Gasteiger partial charge on any atom is -0.378 e. The lowest BCUT2D eigenvalue weighted by atomic mass is 10.0. The van der Waals surface area contributed by atoms with Crippen LogP contribution in [0.2, 0.25) is 0 Å². The van der Waals surface area contributed by atoms with E-state index in [1.165, 1.54) is 0 Å². The average molecular weight is 489 g/mol. The number of nitrogens with one attached hydrogen (secondary N) is 1. The number of hydrogen-bond acceptors (Lipinski definition) is 7. The first-order valence-corrected chi connectivity index (χ1v) is 12.2. The van der Waals surface area contributed by atoms with Crippen molar-refractivity contribution in [1.82, 2.24) is 34.5 Å². The number of nitrogens with zero attached hydrogens (tertiary/aromatic N) is 7. The second-order valence-corrected chi connectivity index (χ2v) is 9.14. The highest BCUT2D eigenvalue weighted by Crippen LogP contribution is 2.33. The van der Waals surface area contributed by atoms with Gasteiger partial charge in [0.25, 0.3) is 0 Å². The van der Waals surface area contributed by atoms with Gasteiger partial charge in [0, 0.05) is 68.9 Å². The Morgan fingerprint density at radius 1 is 0.972 bits per heavy atom. The van der Waals surface area contributed by atoms with Crippen LogP contribution in [0.4, 0.5) is 5.95 Å². The molecule has 0 aliphatic carbocycles. The van der Waals surface area contributed by atoms with Gasteiger partial charge in [-0.25, -0.2) is 9.67 Å². The van der Waals surface area contributed by atoms with Gasteiger partial charge in [-0.15, -0.1) is 0 Å². The first kappa shape index (κ1) is 22.5. The Labute approximate surface area is 207 Å². The number of piperazine rings is 1. The standard InChI is InChI=1S/C25H28N8O3/c1-17(34)30-7-9-31(10-8-30)22(35)16-33-24-20(15-27-33)23(19-3-2-4-21-18(19)5-6-26-21)28-25(29-24)32-11-13-36-14-12-32/h2-6,15,26H,7-14,16H2,1H3. The van der Waals surface area contributed by atoms with Crippen LogP contribution in [0.3, 0.4) is 0 Å². The van der Waals surface area contributed by atoms with E-state index in [1.54, 1.807) is 27.6 Å². The Kier molecular flexibility index (Phi) is 5.76. The van der Waals surface area contributed by atoms with Crippen LogP contribution in [-0.2, 0) is 20.9 Å². The summed E-state index contributed by atoms with van der Waals surface area (Å²) in [5, 5.41) is 6.43. The summed E-state index contributed by atoms with van der Waals surface area (Å²) in [6, 6.07) is 8.14. The number of H-pyrrole nitrogens is 1. The van der Waals surface area contributed by atoms with Crippen LogP contribution < -0.4 is 4.90 Å². The van der Waals surface area contributed by atoms with Crippen molar-refractivity contribution in [1.29, 1.82) is 0 Å². The first-order chi connectivity index (χ1) is 17.6. The molecule has 2 aliphatic rings. The number of aromatic amines is 1. The van der Waals surface area contributed by atoms with Gasteiger partial charge in [0.05, 0.1) is 30.5 Å². The largest absolute Gasteiger partial charge is 0.378 e. The van der Waals surface area contributed by atoms with E-state index in [4.69, 9.17) is 14.7 Å². The number of amides is 2. The quantitative estimate of drug-likeness (QED) is 0.463. The number of aromatic nitrogens is 5. The number of ether oxygens (including phenoxy) is 1. The van der Waals surface area contributed by atoms with Gasteiger partial charge in [0.2, 0.25) is 17.8 Å². The lowest BCUT2D eigenvalue weighted by Gasteiger charge is -2.34. The minimum absolute atomic E-state index is 0.0379. The molecule has 0 spiro atoms. The number of fused-ring (bicyclic) bond motifs is 2. The number of hydrogen-bond donors (Lipinski definition) is 1. The van der Waals surface area contributed by atoms with Crippen LogP contribution in [0.25, 0.3) is 33.2 Å². The zero-order chi connectivity index (χ0) is 24.6. The summed E-state index contributed by atoms with van der Waals surface area (Å²) in [5.74, 6) is 0.610. The molecule has 0 saturated carbocycles. The van der Waals surface area contributed by atoms with E-state index in [9.17, 15) is 9.59 Å². The van der Waals surface area contributed by atoms with Crippen LogP contribution in [0.5, 0.6) is 0 Å². The normalized spacial score (nSPS) is 16.8. The fourth-order valence-electron chi connectivity index (χ4n) is 4.96. The summed E-state index contributed by atoms with van der Waals surface area (Å²) in [4.78, 5) is 43.6. The molecule has 2 fully saturated rings. The van der Waals surface area contributed by atoms with Gasteiger partial charge >= 0.3 is 0 Å². The molecule has 2 saturated heterocycles. The van der Waals surface area contributed by atoms with Crippen molar-refractivity contribution >= 4 is 39.7 Å². The molecule has 36 heavy (non-hydrogen) atoms. The lowest BCUT2D eigenvalue weighted by Crippen LogP contribution is -2.50. The fraction of sp³-hybridized carbons (Fsp3) is 0.400. The van der Waals surface area contributed by atoms with Crippen molar-refractivity contribution in [3.05, 3.63) is 36.7 Å². The molecule has 6 rings (SSSR count). The molecule has 5 heterocycles. The highest BCUT2D eigenvalue weighted by molar-refractivity contribution is 6.02. The van der Waals surface area contributed by atoms with E-state index in [0.29, 0.717) is 64.1 Å². The van der Waals surface area contributed by atoms with Crippen LogP contribution in [0.1, 0.15) is 6.92 Å². The molecule has 11 nitrogen and oxygen atoms in total. The smallest absolute Gasteiger partial charge is 0.244 e. The predicted molar refractivity (Wildman–Crippen MR) is 134 cm³/mol. The lowest BCUT2D eigenvalue weighted by molar-refractivity contribution is -0.138. The van der Waals surface area contributed by atoms with E-state index < -0.39 is 0 Å². The zero-order valence-electron chi connectivity index (χ0n) is 20.2. The maximum atomic E-state index is 13.2. The monoisotopic (exact) mass is 488 g/mol. The summed E-state index contributed by atoms with van der Waals surface area (Å²) in [5.41, 5.74) is 3.44. The summed E-state index contributed by atoms with van der Waals surface area (Å²) < 4.78 is 7.20. The van der Waals surface area contributed by atoms with E-state index in [2.05, 4.69) is 21.0 Å². The van der Waals surface area contributed by atoms with Crippen LogP contribution in [0, 0.1) is 0 Å². The number of carbonyl (C=O) groups is 2. The van der Waals surface area contributed by atoms with Gasteiger partial charge in [-0.3, -0.25) is 9.59 Å². The molecule has 1 N–H and O–H groups in total. The average Bonchev–Trinajstić information content (AvgIpc) is 3.56. The molecule has 3 aromatic heterocycles. The molecule has 1 aromatic carbocycles. The topological polar surface area (TPSA) is 112 Å². The third-order valence-electron chi connectivity index (χ3n) is 6.99. The second kappa shape index (κ2) is 9.23. The molecular formula is C25H28N8O3. The molecule has 11 heteroatoms. The second-order valence-electron chi connectivity index (χ2n) is 9.14. The van der Waals surface area contributed by atoms with Crippen molar-refractivity contribution in [3.63, 3.8) is 0 Å². The van der Waals surface area contributed by atoms with Crippen molar-refractivity contribution in [2.45, 2.75) is 13.5 Å². The molecule has 2 aliphatic heterocycles. The molecule has 4 aromatic rings. The number of anilines is 1. The summed E-state index contributed by atoms with van der Waals surface area (Å²) in [6.45, 7) is 6.42. The maximum Gasteiger partial charge on any atom is 0.244 e. The van der Waals surface area contributed by atoms with Crippen molar-refractivity contribution in [2.75, 3.05) is 57.4 Å². The summed E-state index contributed by atoms with van der Waals surface area (Å²) >= 11 is 0. The van der Waals surface area contributed by atoms with Crippen LogP contribution in [0.15, 0.2) is 36.7 Å². The molecule has 2 amide bonds. The van der Waals surface area contributed by atoms with Gasteiger partial charge in [-0.1, -0.05) is 12.1 Å². The van der Waals surface area contributed by atoms with Gasteiger partial charge in [0.1, 0.15) is 6.54 Å². The van der Waals surface area contributed by atoms with Gasteiger partial charge in [0.15, 0.2) is 5.65 Å². The minimum atomic E-state index is -0.0379. The number of carbonyl (C=O) groups excluding carboxylic acids is 2. The van der Waals surface area contributed by atoms with Crippen LogP contribution in [-0.4, -0.2) is 98.8 Å². The third-order valence-corrected chi connectivity index (χ3v) is 6.99. The molecular weight excluding hydrogens is 460 g/mol. The Bertz CT molecular complexity index is 1430. The summed E-state index contributed by atoms with van der Waals surface area (Å²) in [7, 11) is 0. The van der Waals surface area contributed by atoms with E-state index in [0.717, 1.165) is 27.5 Å². The van der Waals surface area contributed by atoms with Gasteiger partial charge < -0.3 is 24.4 Å². The SMILES string of the molecule is CC(=O)N1CCN(C(=O)Cn2ncc3c(-c4cccc5[nH]ccc45)nc(N4CCOCC4)nc32)CC1. The molecule has 0 atom stereocenters. The number of benzene rings is 1. The Hall–Kier alpha value is -3.99. The number of morpholine rings is 1. The van der Waals surface area contributed by atoms with E-state index >= 15 is 0 Å². The summed E-state index contributed by atoms with van der Waals surface area (Å²) in [6.07, 6.45) is 3.67. The third kappa shape index (κ3) is 4.05. The fourth-order valence-corrected chi connectivity index (χ4v) is 4.96. The molecule has 186 valence electrons. The molecule has 0 bridgehead atoms.